The largest absolute Gasteiger partial charge is 0.454 e. The second-order valence-electron chi connectivity index (χ2n) is 10.3. The van der Waals surface area contributed by atoms with Crippen molar-refractivity contribution in [3.63, 3.8) is 0 Å². The Hall–Kier alpha value is -5.68. The molecule has 0 atom stereocenters. The minimum atomic E-state index is 0.767. The van der Waals surface area contributed by atoms with E-state index in [4.69, 9.17) is 13.8 Å². The number of para-hydroxylation sites is 1. The van der Waals surface area contributed by atoms with Crippen LogP contribution in [0.5, 0.6) is 0 Å². The Kier molecular flexibility index (Phi) is 4.55. The number of hydrogen-bond acceptors (Lipinski definition) is 5. The van der Waals surface area contributed by atoms with E-state index in [9.17, 15) is 0 Å². The molecule has 5 aromatic carbocycles. The van der Waals surface area contributed by atoms with E-state index in [0.29, 0.717) is 0 Å². The van der Waals surface area contributed by atoms with Gasteiger partial charge in [-0.2, -0.15) is 0 Å². The highest BCUT2D eigenvalue weighted by atomic mass is 16.3. The second-order valence-corrected chi connectivity index (χ2v) is 10.3. The lowest BCUT2D eigenvalue weighted by molar-refractivity contribution is 0.667. The van der Waals surface area contributed by atoms with Crippen LogP contribution in [0.3, 0.4) is 0 Å². The van der Waals surface area contributed by atoms with Gasteiger partial charge in [0.1, 0.15) is 22.5 Å². The molecule has 0 spiro atoms. The summed E-state index contributed by atoms with van der Waals surface area (Å²) >= 11 is 0. The summed E-state index contributed by atoms with van der Waals surface area (Å²) in [6.45, 7) is 0. The molecule has 0 unspecified atom stereocenters. The monoisotopic (exact) mass is 527 g/mol. The van der Waals surface area contributed by atoms with Gasteiger partial charge in [-0.1, -0.05) is 54.6 Å². The van der Waals surface area contributed by atoms with Gasteiger partial charge >= 0.3 is 0 Å². The number of fused-ring (bicyclic) bond motifs is 9. The Morgan fingerprint density at radius 1 is 0.488 bits per heavy atom. The Labute approximate surface area is 233 Å². The van der Waals surface area contributed by atoms with Gasteiger partial charge in [0, 0.05) is 33.7 Å². The van der Waals surface area contributed by atoms with E-state index in [2.05, 4.69) is 82.7 Å². The minimum absolute atomic E-state index is 0.767. The first-order valence-electron chi connectivity index (χ1n) is 13.6. The predicted octanol–water partition coefficient (Wildman–Crippen LogP) is 10.1. The Morgan fingerprint density at radius 2 is 1.22 bits per heavy atom. The van der Waals surface area contributed by atoms with Crippen molar-refractivity contribution in [1.29, 1.82) is 0 Å². The molecule has 0 aliphatic carbocycles. The molecule has 0 fully saturated rings. The summed E-state index contributed by atoms with van der Waals surface area (Å²) in [7, 11) is 0. The number of aromatic nitrogens is 2. The molecule has 0 amide bonds. The van der Waals surface area contributed by atoms with Crippen molar-refractivity contribution in [1.82, 2.24) is 9.97 Å². The van der Waals surface area contributed by atoms with E-state index >= 15 is 0 Å². The molecule has 4 aromatic heterocycles. The first-order chi connectivity index (χ1) is 20.3. The third kappa shape index (κ3) is 3.36. The zero-order chi connectivity index (χ0) is 26.9. The lowest BCUT2D eigenvalue weighted by atomic mass is 10.0. The average molecular weight is 528 g/mol. The summed E-state index contributed by atoms with van der Waals surface area (Å²) in [6.07, 6.45) is 3.56. The summed E-state index contributed by atoms with van der Waals surface area (Å²) in [5.74, 6) is 0.804. The number of hydrogen-bond donors (Lipinski definition) is 0. The van der Waals surface area contributed by atoms with Gasteiger partial charge in [0.25, 0.3) is 0 Å². The summed E-state index contributed by atoms with van der Waals surface area (Å²) in [5.41, 5.74) is 6.04. The van der Waals surface area contributed by atoms with Crippen molar-refractivity contribution in [3.05, 3.63) is 128 Å². The molecule has 0 saturated carbocycles. The van der Waals surface area contributed by atoms with Gasteiger partial charge in [-0.3, -0.25) is 9.88 Å². The van der Waals surface area contributed by atoms with Crippen LogP contribution in [0.1, 0.15) is 0 Å². The zero-order valence-electron chi connectivity index (χ0n) is 21.8. The zero-order valence-corrected chi connectivity index (χ0v) is 21.8. The fourth-order valence-corrected chi connectivity index (χ4v) is 6.02. The van der Waals surface area contributed by atoms with Crippen molar-refractivity contribution in [2.45, 2.75) is 0 Å². The number of anilines is 3. The van der Waals surface area contributed by atoms with Crippen LogP contribution < -0.4 is 4.90 Å². The van der Waals surface area contributed by atoms with Gasteiger partial charge < -0.3 is 8.83 Å². The van der Waals surface area contributed by atoms with E-state index in [1.165, 1.54) is 21.5 Å². The predicted molar refractivity (Wildman–Crippen MR) is 166 cm³/mol. The molecule has 0 bridgehead atoms. The van der Waals surface area contributed by atoms with E-state index in [0.717, 1.165) is 61.2 Å². The molecule has 192 valence electrons. The molecule has 0 saturated heterocycles. The molecule has 0 N–H and O–H groups in total. The SMILES string of the molecule is c1ccc2c(c1)ccc1cc(N(c3ccc4oc5cnccc5c4c3)c3ccc4oc5ccccc5c4n3)ccc12. The molecular formula is C36H21N3O2. The minimum Gasteiger partial charge on any atom is -0.454 e. The lowest BCUT2D eigenvalue weighted by Gasteiger charge is -2.25. The molecule has 5 nitrogen and oxygen atoms in total. The Balaban J connectivity index is 1.31. The summed E-state index contributed by atoms with van der Waals surface area (Å²) in [6, 6.07) is 39.9. The van der Waals surface area contributed by atoms with Crippen LogP contribution in [0.4, 0.5) is 17.2 Å². The normalized spacial score (nSPS) is 11.9. The van der Waals surface area contributed by atoms with Gasteiger partial charge in [-0.05, 0) is 82.2 Å². The van der Waals surface area contributed by atoms with Crippen LogP contribution in [0.15, 0.2) is 136 Å². The van der Waals surface area contributed by atoms with E-state index in [1.54, 1.807) is 12.4 Å². The van der Waals surface area contributed by atoms with Gasteiger partial charge in [-0.15, -0.1) is 0 Å². The first-order valence-corrected chi connectivity index (χ1v) is 13.6. The van der Waals surface area contributed by atoms with Crippen molar-refractivity contribution >= 4 is 82.7 Å². The van der Waals surface area contributed by atoms with Gasteiger partial charge in [0.15, 0.2) is 11.2 Å². The van der Waals surface area contributed by atoms with Crippen LogP contribution in [0.2, 0.25) is 0 Å². The van der Waals surface area contributed by atoms with E-state index in [1.807, 2.05) is 42.5 Å². The molecule has 9 aromatic rings. The van der Waals surface area contributed by atoms with Crippen LogP contribution >= 0.6 is 0 Å². The second kappa shape index (κ2) is 8.41. The van der Waals surface area contributed by atoms with Crippen LogP contribution in [0.25, 0.3) is 65.6 Å². The number of nitrogens with zero attached hydrogens (tertiary/aromatic N) is 3. The first kappa shape index (κ1) is 22.2. The maximum Gasteiger partial charge on any atom is 0.154 e. The molecule has 41 heavy (non-hydrogen) atoms. The van der Waals surface area contributed by atoms with Gasteiger partial charge in [-0.25, -0.2) is 4.98 Å². The fourth-order valence-electron chi connectivity index (χ4n) is 6.02. The summed E-state index contributed by atoms with van der Waals surface area (Å²) < 4.78 is 12.2. The summed E-state index contributed by atoms with van der Waals surface area (Å²) in [5, 5.41) is 7.93. The highest BCUT2D eigenvalue weighted by Crippen LogP contribution is 2.40. The standard InChI is InChI=1S/C36H21N3O2/c1-2-6-26-22(5-1)9-10-23-19-24(11-13-27(23)26)39(25-12-14-32-30(20-25)28-17-18-37-21-34(28)41-32)35-16-15-33-36(38-35)29-7-3-4-8-31(29)40-33/h1-21H. The smallest absolute Gasteiger partial charge is 0.154 e. The highest BCUT2D eigenvalue weighted by Gasteiger charge is 2.19. The lowest BCUT2D eigenvalue weighted by Crippen LogP contribution is -2.11. The van der Waals surface area contributed by atoms with E-state index in [-0.39, 0.29) is 0 Å². The summed E-state index contributed by atoms with van der Waals surface area (Å²) in [4.78, 5) is 11.6. The molecule has 0 aliphatic heterocycles. The quantitative estimate of drug-likeness (QED) is 0.214. The van der Waals surface area contributed by atoms with E-state index < -0.39 is 0 Å². The molecular weight excluding hydrogens is 506 g/mol. The average Bonchev–Trinajstić information content (AvgIpc) is 3.59. The number of pyridine rings is 2. The molecule has 5 heteroatoms. The van der Waals surface area contributed by atoms with Gasteiger partial charge in [0.2, 0.25) is 0 Å². The molecule has 9 rings (SSSR count). The number of rotatable bonds is 3. The third-order valence-electron chi connectivity index (χ3n) is 7.94. The molecule has 0 radical (unpaired) electrons. The van der Waals surface area contributed by atoms with Crippen molar-refractivity contribution in [2.24, 2.45) is 0 Å². The molecule has 0 aliphatic rings. The third-order valence-corrected chi connectivity index (χ3v) is 7.94. The number of benzene rings is 5. The Morgan fingerprint density at radius 3 is 2.20 bits per heavy atom. The van der Waals surface area contributed by atoms with Crippen molar-refractivity contribution in [3.8, 4) is 0 Å². The Bertz CT molecular complexity index is 2340. The van der Waals surface area contributed by atoms with Gasteiger partial charge in [0.05, 0.1) is 6.20 Å². The topological polar surface area (TPSA) is 55.3 Å². The van der Waals surface area contributed by atoms with Crippen LogP contribution in [0, 0.1) is 0 Å². The van der Waals surface area contributed by atoms with Crippen molar-refractivity contribution in [2.75, 3.05) is 4.90 Å². The maximum atomic E-state index is 6.09. The van der Waals surface area contributed by atoms with Crippen LogP contribution in [-0.4, -0.2) is 9.97 Å². The maximum absolute atomic E-state index is 6.09. The van der Waals surface area contributed by atoms with Crippen molar-refractivity contribution < 1.29 is 8.83 Å². The fraction of sp³-hybridized carbons (Fsp3) is 0. The molecule has 4 heterocycles. The van der Waals surface area contributed by atoms with Crippen LogP contribution in [-0.2, 0) is 0 Å². The highest BCUT2D eigenvalue weighted by molar-refractivity contribution is 6.10. The number of furan rings is 2.